The lowest BCUT2D eigenvalue weighted by Gasteiger charge is -2.38. The van der Waals surface area contributed by atoms with Crippen molar-refractivity contribution in [1.29, 1.82) is 0 Å². The number of fused-ring (bicyclic) bond motifs is 3. The maximum absolute atomic E-state index is 12.8. The topological polar surface area (TPSA) is 95.9 Å². The van der Waals surface area contributed by atoms with Crippen LogP contribution < -0.4 is 5.32 Å². The van der Waals surface area contributed by atoms with E-state index in [1.807, 2.05) is 48.5 Å². The molecule has 2 aromatic carbocycles. The molecule has 2 N–H and O–H groups in total. The average molecular weight is 462 g/mol. The Morgan fingerprint density at radius 1 is 1.03 bits per heavy atom. The Kier molecular flexibility index (Phi) is 6.01. The van der Waals surface area contributed by atoms with E-state index in [0.29, 0.717) is 0 Å². The molecule has 0 spiro atoms. The highest BCUT2D eigenvalue weighted by atomic mass is 19.4. The lowest BCUT2D eigenvalue weighted by Crippen LogP contribution is -2.61. The molecule has 2 amide bonds. The van der Waals surface area contributed by atoms with Gasteiger partial charge in [0, 0.05) is 12.5 Å². The van der Waals surface area contributed by atoms with Crippen molar-refractivity contribution in [3.05, 3.63) is 59.7 Å². The summed E-state index contributed by atoms with van der Waals surface area (Å²) in [5.74, 6) is -4.01. The van der Waals surface area contributed by atoms with E-state index in [0.717, 1.165) is 27.2 Å². The van der Waals surface area contributed by atoms with Gasteiger partial charge in [0.05, 0.1) is 6.04 Å². The number of likely N-dealkylation sites (tertiary alicyclic amines) is 1. The molecular weight excluding hydrogens is 441 g/mol. The molecular formula is C23H21F3N2O5. The van der Waals surface area contributed by atoms with Gasteiger partial charge in [-0.1, -0.05) is 48.5 Å². The Morgan fingerprint density at radius 2 is 1.61 bits per heavy atom. The molecule has 1 aliphatic heterocycles. The fourth-order valence-corrected chi connectivity index (χ4v) is 4.58. The van der Waals surface area contributed by atoms with Gasteiger partial charge in [-0.3, -0.25) is 9.69 Å². The standard InChI is InChI=1S/C23H21F3N2O5/c24-23(25,26)21(31)27-18-10-5-11-28(19(18)20(29)30)22(32)33-12-17-15-8-3-1-6-13(15)14-7-2-4-9-16(14)17/h1-4,6-9,17-19H,5,10-12H2,(H,27,31)(H,29,30)/t18-,19+/m0/s1. The summed E-state index contributed by atoms with van der Waals surface area (Å²) in [7, 11) is 0. The van der Waals surface area contributed by atoms with E-state index in [-0.39, 0.29) is 31.9 Å². The van der Waals surface area contributed by atoms with Gasteiger partial charge >= 0.3 is 24.1 Å². The molecule has 1 aliphatic carbocycles. The van der Waals surface area contributed by atoms with Gasteiger partial charge in [0.1, 0.15) is 6.61 Å². The number of amides is 2. The van der Waals surface area contributed by atoms with E-state index >= 15 is 0 Å². The van der Waals surface area contributed by atoms with Crippen molar-refractivity contribution in [2.24, 2.45) is 0 Å². The summed E-state index contributed by atoms with van der Waals surface area (Å²) in [4.78, 5) is 36.9. The molecule has 2 aliphatic rings. The number of alkyl halides is 3. The Morgan fingerprint density at radius 3 is 2.15 bits per heavy atom. The van der Waals surface area contributed by atoms with E-state index in [1.54, 1.807) is 5.32 Å². The predicted molar refractivity (Wildman–Crippen MR) is 110 cm³/mol. The van der Waals surface area contributed by atoms with Crippen molar-refractivity contribution in [2.75, 3.05) is 13.2 Å². The zero-order valence-corrected chi connectivity index (χ0v) is 17.3. The molecule has 1 saturated heterocycles. The van der Waals surface area contributed by atoms with Crippen LogP contribution in [0.5, 0.6) is 0 Å². The number of carboxylic acid groups (broad SMARTS) is 1. The van der Waals surface area contributed by atoms with Crippen molar-refractivity contribution in [2.45, 2.75) is 37.0 Å². The summed E-state index contributed by atoms with van der Waals surface area (Å²) in [5.41, 5.74) is 3.97. The minimum absolute atomic E-state index is 0.00791. The molecule has 1 fully saturated rings. The number of rotatable bonds is 4. The monoisotopic (exact) mass is 462 g/mol. The first kappa shape index (κ1) is 22.6. The fourth-order valence-electron chi connectivity index (χ4n) is 4.58. The number of ether oxygens (including phenoxy) is 1. The largest absolute Gasteiger partial charge is 0.480 e. The number of piperidine rings is 1. The summed E-state index contributed by atoms with van der Waals surface area (Å²) in [6.45, 7) is -0.0681. The number of nitrogens with one attached hydrogen (secondary N) is 1. The number of nitrogens with zero attached hydrogens (tertiary/aromatic N) is 1. The highest BCUT2D eigenvalue weighted by molar-refractivity contribution is 5.85. The Labute approximate surface area is 187 Å². The third kappa shape index (κ3) is 4.37. The minimum Gasteiger partial charge on any atom is -0.480 e. The van der Waals surface area contributed by atoms with Gasteiger partial charge in [-0.25, -0.2) is 9.59 Å². The predicted octanol–water partition coefficient (Wildman–Crippen LogP) is 3.53. The van der Waals surface area contributed by atoms with Crippen LogP contribution in [0.2, 0.25) is 0 Å². The lowest BCUT2D eigenvalue weighted by atomic mass is 9.96. The van der Waals surface area contributed by atoms with Gasteiger partial charge < -0.3 is 15.2 Å². The van der Waals surface area contributed by atoms with Gasteiger partial charge in [0.2, 0.25) is 0 Å². The van der Waals surface area contributed by atoms with E-state index in [2.05, 4.69) is 0 Å². The van der Waals surface area contributed by atoms with Crippen LogP contribution in [-0.4, -0.2) is 59.4 Å². The number of carbonyl (C=O) groups is 3. The smallest absolute Gasteiger partial charge is 0.471 e. The molecule has 2 atom stereocenters. The van der Waals surface area contributed by atoms with Crippen molar-refractivity contribution < 1.29 is 37.4 Å². The molecule has 33 heavy (non-hydrogen) atoms. The molecule has 2 aromatic rings. The van der Waals surface area contributed by atoms with E-state index in [1.165, 1.54) is 0 Å². The summed E-state index contributed by atoms with van der Waals surface area (Å²) in [6.07, 6.45) is -5.90. The third-order valence-corrected chi connectivity index (χ3v) is 6.03. The first-order valence-electron chi connectivity index (χ1n) is 10.4. The van der Waals surface area contributed by atoms with Crippen LogP contribution in [0, 0.1) is 0 Å². The normalized spacial score (nSPS) is 20.0. The van der Waals surface area contributed by atoms with Crippen LogP contribution in [0.25, 0.3) is 11.1 Å². The average Bonchev–Trinajstić information content (AvgIpc) is 3.10. The van der Waals surface area contributed by atoms with Gasteiger partial charge in [0.25, 0.3) is 0 Å². The fraction of sp³-hybridized carbons (Fsp3) is 0.348. The molecule has 10 heteroatoms. The van der Waals surface area contributed by atoms with Gasteiger partial charge in [-0.05, 0) is 35.1 Å². The summed E-state index contributed by atoms with van der Waals surface area (Å²) in [6, 6.07) is 12.3. The second kappa shape index (κ2) is 8.76. The lowest BCUT2D eigenvalue weighted by molar-refractivity contribution is -0.175. The summed E-state index contributed by atoms with van der Waals surface area (Å²) < 4.78 is 43.4. The van der Waals surface area contributed by atoms with Crippen molar-refractivity contribution in [3.8, 4) is 11.1 Å². The van der Waals surface area contributed by atoms with E-state index < -0.39 is 36.2 Å². The van der Waals surface area contributed by atoms with E-state index in [9.17, 15) is 32.7 Å². The Hall–Kier alpha value is -3.56. The number of hydrogen-bond acceptors (Lipinski definition) is 4. The number of hydrogen-bond donors (Lipinski definition) is 2. The first-order valence-corrected chi connectivity index (χ1v) is 10.4. The van der Waals surface area contributed by atoms with Crippen LogP contribution in [-0.2, 0) is 14.3 Å². The zero-order chi connectivity index (χ0) is 23.8. The maximum Gasteiger partial charge on any atom is 0.471 e. The van der Waals surface area contributed by atoms with Gasteiger partial charge in [-0.15, -0.1) is 0 Å². The van der Waals surface area contributed by atoms with Gasteiger partial charge in [0.15, 0.2) is 6.04 Å². The molecule has 4 rings (SSSR count). The highest BCUT2D eigenvalue weighted by Crippen LogP contribution is 2.44. The third-order valence-electron chi connectivity index (χ3n) is 6.03. The zero-order valence-electron chi connectivity index (χ0n) is 17.3. The van der Waals surface area contributed by atoms with Crippen molar-refractivity contribution >= 4 is 18.0 Å². The van der Waals surface area contributed by atoms with Crippen LogP contribution in [0.15, 0.2) is 48.5 Å². The molecule has 174 valence electrons. The van der Waals surface area contributed by atoms with Crippen LogP contribution >= 0.6 is 0 Å². The molecule has 0 radical (unpaired) electrons. The molecule has 0 aromatic heterocycles. The van der Waals surface area contributed by atoms with Crippen molar-refractivity contribution in [1.82, 2.24) is 10.2 Å². The number of aliphatic carboxylic acids is 1. The molecule has 7 nitrogen and oxygen atoms in total. The minimum atomic E-state index is -5.16. The van der Waals surface area contributed by atoms with Crippen LogP contribution in [0.1, 0.15) is 29.9 Å². The Bertz CT molecular complexity index is 1040. The Balaban J connectivity index is 1.50. The maximum atomic E-state index is 12.8. The van der Waals surface area contributed by atoms with Crippen LogP contribution in [0.3, 0.4) is 0 Å². The quantitative estimate of drug-likeness (QED) is 0.725. The molecule has 1 heterocycles. The second-order valence-corrected chi connectivity index (χ2v) is 8.00. The summed E-state index contributed by atoms with van der Waals surface area (Å²) >= 11 is 0. The number of carboxylic acids is 1. The molecule has 0 bridgehead atoms. The number of benzene rings is 2. The molecule has 0 saturated carbocycles. The highest BCUT2D eigenvalue weighted by Gasteiger charge is 2.46. The molecule has 0 unspecified atom stereocenters. The van der Waals surface area contributed by atoms with Crippen molar-refractivity contribution in [3.63, 3.8) is 0 Å². The SMILES string of the molecule is O=C(O)[C@H]1[C@@H](NC(=O)C(F)(F)F)CCCN1C(=O)OCC1c2ccccc2-c2ccccc21. The second-order valence-electron chi connectivity index (χ2n) is 8.00. The summed E-state index contributed by atoms with van der Waals surface area (Å²) in [5, 5.41) is 11.3. The first-order chi connectivity index (χ1) is 15.7. The van der Waals surface area contributed by atoms with Gasteiger partial charge in [-0.2, -0.15) is 13.2 Å². The number of halogens is 3. The van der Waals surface area contributed by atoms with E-state index in [4.69, 9.17) is 4.74 Å². The van der Waals surface area contributed by atoms with Crippen LogP contribution in [0.4, 0.5) is 18.0 Å². The number of carbonyl (C=O) groups excluding carboxylic acids is 2.